The summed E-state index contributed by atoms with van der Waals surface area (Å²) in [5.41, 5.74) is 13.1. The number of aromatic amines is 1. The third-order valence-electron chi connectivity index (χ3n) is 5.49. The Labute approximate surface area is 223 Å². The van der Waals surface area contributed by atoms with E-state index < -0.39 is 17.5 Å². The SMILES string of the molecule is C=C(Nc1ccc(NC(=O)CCCc2nc(/N=C(\N)Nc3ccc(O)cc3)c(C(N)=O)[nH]2)cc1C)C(C)(F)F. The van der Waals surface area contributed by atoms with Gasteiger partial charge in [-0.25, -0.2) is 13.8 Å². The van der Waals surface area contributed by atoms with Gasteiger partial charge in [-0.05, 0) is 61.4 Å². The minimum atomic E-state index is -3.07. The van der Waals surface area contributed by atoms with E-state index in [9.17, 15) is 23.5 Å². The van der Waals surface area contributed by atoms with Crippen molar-refractivity contribution in [3.63, 3.8) is 0 Å². The van der Waals surface area contributed by atoms with Crippen LogP contribution in [-0.2, 0) is 11.2 Å². The van der Waals surface area contributed by atoms with Gasteiger partial charge in [-0.3, -0.25) is 9.59 Å². The third-order valence-corrected chi connectivity index (χ3v) is 5.49. The highest BCUT2D eigenvalue weighted by atomic mass is 19.3. The fourth-order valence-electron chi connectivity index (χ4n) is 3.41. The Balaban J connectivity index is 1.56. The summed E-state index contributed by atoms with van der Waals surface area (Å²) in [5, 5.41) is 17.5. The molecule has 2 amide bonds. The lowest BCUT2D eigenvalue weighted by atomic mass is 10.1. The van der Waals surface area contributed by atoms with E-state index in [1.54, 1.807) is 37.3 Å². The van der Waals surface area contributed by atoms with Crippen molar-refractivity contribution < 1.29 is 23.5 Å². The topological polar surface area (TPSA) is 184 Å². The van der Waals surface area contributed by atoms with E-state index in [4.69, 9.17) is 11.5 Å². The van der Waals surface area contributed by atoms with Crippen molar-refractivity contribution in [2.24, 2.45) is 16.5 Å². The quantitative estimate of drug-likeness (QED) is 0.108. The molecule has 0 spiro atoms. The van der Waals surface area contributed by atoms with Crippen LogP contribution in [0.1, 0.15) is 41.6 Å². The van der Waals surface area contributed by atoms with Gasteiger partial charge in [0.05, 0.1) is 5.70 Å². The zero-order valence-electron chi connectivity index (χ0n) is 21.4. The molecule has 0 bridgehead atoms. The van der Waals surface area contributed by atoms with Crippen molar-refractivity contribution in [2.45, 2.75) is 39.0 Å². The molecule has 1 heterocycles. The molecule has 0 saturated carbocycles. The Morgan fingerprint density at radius 1 is 1.10 bits per heavy atom. The van der Waals surface area contributed by atoms with Gasteiger partial charge in [0.25, 0.3) is 11.8 Å². The molecule has 9 N–H and O–H groups in total. The van der Waals surface area contributed by atoms with E-state index >= 15 is 0 Å². The van der Waals surface area contributed by atoms with Gasteiger partial charge in [-0.15, -0.1) is 0 Å². The van der Waals surface area contributed by atoms with Crippen LogP contribution in [0.5, 0.6) is 5.75 Å². The average molecular weight is 541 g/mol. The molecular weight excluding hydrogens is 510 g/mol. The summed E-state index contributed by atoms with van der Waals surface area (Å²) in [5.74, 6) is -3.68. The number of amides is 2. The zero-order valence-corrected chi connectivity index (χ0v) is 21.4. The van der Waals surface area contributed by atoms with Crippen LogP contribution in [0.3, 0.4) is 0 Å². The van der Waals surface area contributed by atoms with Gasteiger partial charge < -0.3 is 37.5 Å². The molecule has 0 saturated heterocycles. The Kier molecular flexibility index (Phi) is 8.86. The second kappa shape index (κ2) is 12.1. The number of hydrogen-bond acceptors (Lipinski definition) is 6. The van der Waals surface area contributed by atoms with Crippen LogP contribution in [0.2, 0.25) is 0 Å². The number of carbonyl (C=O) groups excluding carboxylic acids is 2. The first-order valence-electron chi connectivity index (χ1n) is 11.9. The van der Waals surface area contributed by atoms with E-state index in [0.717, 1.165) is 6.92 Å². The van der Waals surface area contributed by atoms with E-state index in [-0.39, 0.29) is 35.5 Å². The highest BCUT2D eigenvalue weighted by Crippen LogP contribution is 2.27. The van der Waals surface area contributed by atoms with Crippen molar-refractivity contribution in [3.05, 3.63) is 71.8 Å². The molecule has 13 heteroatoms. The van der Waals surface area contributed by atoms with Crippen LogP contribution >= 0.6 is 0 Å². The zero-order chi connectivity index (χ0) is 28.7. The molecule has 2 aromatic carbocycles. The number of aliphatic imine (C=N–C) groups is 1. The molecule has 206 valence electrons. The van der Waals surface area contributed by atoms with E-state index in [1.807, 2.05) is 0 Å². The summed E-state index contributed by atoms with van der Waals surface area (Å²) in [7, 11) is 0. The first kappa shape index (κ1) is 28.6. The molecule has 0 aliphatic carbocycles. The maximum Gasteiger partial charge on any atom is 0.284 e. The number of anilines is 3. The fraction of sp³-hybridized carbons (Fsp3) is 0.231. The molecule has 0 atom stereocenters. The number of guanidine groups is 1. The monoisotopic (exact) mass is 540 g/mol. The molecule has 0 fully saturated rings. The summed E-state index contributed by atoms with van der Waals surface area (Å²) in [6, 6.07) is 11.0. The van der Waals surface area contributed by atoms with Crippen molar-refractivity contribution in [1.82, 2.24) is 9.97 Å². The normalized spacial score (nSPS) is 11.6. The number of benzene rings is 2. The van der Waals surface area contributed by atoms with Crippen LogP contribution in [0.15, 0.2) is 59.7 Å². The minimum Gasteiger partial charge on any atom is -0.508 e. The number of phenolic OH excluding ortho intramolecular Hbond substituents is 1. The molecule has 39 heavy (non-hydrogen) atoms. The van der Waals surface area contributed by atoms with Gasteiger partial charge in [0.1, 0.15) is 11.6 Å². The average Bonchev–Trinajstić information content (AvgIpc) is 3.24. The Hall–Kier alpha value is -4.94. The molecule has 0 unspecified atom stereocenters. The smallest absolute Gasteiger partial charge is 0.284 e. The number of H-pyrrole nitrogens is 1. The first-order chi connectivity index (χ1) is 18.3. The molecule has 0 aliphatic rings. The third kappa shape index (κ3) is 8.28. The first-order valence-corrected chi connectivity index (χ1v) is 11.9. The van der Waals surface area contributed by atoms with Crippen LogP contribution in [0, 0.1) is 6.92 Å². The summed E-state index contributed by atoms with van der Waals surface area (Å²) in [6.07, 6.45) is 0.864. The number of nitrogens with zero attached hydrogens (tertiary/aromatic N) is 2. The summed E-state index contributed by atoms with van der Waals surface area (Å²) in [6.45, 7) is 5.83. The number of imidazole rings is 1. The second-order valence-corrected chi connectivity index (χ2v) is 8.84. The molecule has 0 radical (unpaired) electrons. The lowest BCUT2D eigenvalue weighted by molar-refractivity contribution is -0.116. The second-order valence-electron chi connectivity index (χ2n) is 8.84. The maximum absolute atomic E-state index is 13.4. The Morgan fingerprint density at radius 3 is 2.38 bits per heavy atom. The standard InChI is InChI=1S/C26H30F2N8O3/c1-14-13-17(9-12-19(14)31-15(2)26(3,27)28)32-21(38)6-4-5-20-34-22(23(29)39)24(35-20)36-25(30)33-16-7-10-18(37)11-8-16/h7-13,31,37H,2,4-6H2,1,3H3,(H2,29,39)(H,32,38)(H,34,35)(H3,30,33,36). The summed E-state index contributed by atoms with van der Waals surface area (Å²) < 4.78 is 26.7. The number of alkyl halides is 2. The Morgan fingerprint density at radius 2 is 1.77 bits per heavy atom. The number of carbonyl (C=O) groups is 2. The number of rotatable bonds is 11. The fourth-order valence-corrected chi connectivity index (χ4v) is 3.41. The number of phenols is 1. The van der Waals surface area contributed by atoms with Gasteiger partial charge in [0.15, 0.2) is 17.5 Å². The van der Waals surface area contributed by atoms with Gasteiger partial charge >= 0.3 is 0 Å². The molecular formula is C26H30F2N8O3. The number of nitrogens with two attached hydrogens (primary N) is 2. The summed E-state index contributed by atoms with van der Waals surface area (Å²) >= 11 is 0. The number of nitrogens with one attached hydrogen (secondary N) is 4. The van der Waals surface area contributed by atoms with Gasteiger partial charge in [-0.2, -0.15) is 4.99 Å². The van der Waals surface area contributed by atoms with Gasteiger partial charge in [-0.1, -0.05) is 6.58 Å². The molecule has 0 aliphatic heterocycles. The van der Waals surface area contributed by atoms with E-state index in [0.29, 0.717) is 41.3 Å². The number of aromatic nitrogens is 2. The molecule has 1 aromatic heterocycles. The molecule has 3 aromatic rings. The lowest BCUT2D eigenvalue weighted by Gasteiger charge is -2.18. The number of aryl methyl sites for hydroxylation is 2. The lowest BCUT2D eigenvalue weighted by Crippen LogP contribution is -2.22. The number of aromatic hydroxyl groups is 1. The molecule has 3 rings (SSSR count). The van der Waals surface area contributed by atoms with Crippen LogP contribution in [-0.4, -0.2) is 38.8 Å². The predicted molar refractivity (Wildman–Crippen MR) is 146 cm³/mol. The Bertz CT molecular complexity index is 1400. The maximum atomic E-state index is 13.4. The van der Waals surface area contributed by atoms with Crippen molar-refractivity contribution in [2.75, 3.05) is 16.0 Å². The van der Waals surface area contributed by atoms with Crippen molar-refractivity contribution >= 4 is 40.7 Å². The highest BCUT2D eigenvalue weighted by molar-refractivity contribution is 5.99. The number of halogens is 2. The number of allylic oxidation sites excluding steroid dienone is 1. The molecule has 11 nitrogen and oxygen atoms in total. The largest absolute Gasteiger partial charge is 0.508 e. The minimum absolute atomic E-state index is 0.00146. The van der Waals surface area contributed by atoms with Crippen molar-refractivity contribution in [3.8, 4) is 5.75 Å². The van der Waals surface area contributed by atoms with Crippen LogP contribution < -0.4 is 27.4 Å². The van der Waals surface area contributed by atoms with E-state index in [1.165, 1.54) is 12.1 Å². The van der Waals surface area contributed by atoms with Gasteiger partial charge in [0, 0.05) is 36.8 Å². The van der Waals surface area contributed by atoms with Gasteiger partial charge in [0.2, 0.25) is 5.91 Å². The highest BCUT2D eigenvalue weighted by Gasteiger charge is 2.26. The number of primary amides is 1. The van der Waals surface area contributed by atoms with Crippen LogP contribution in [0.4, 0.5) is 31.7 Å². The summed E-state index contributed by atoms with van der Waals surface area (Å²) in [4.78, 5) is 35.5. The van der Waals surface area contributed by atoms with Crippen molar-refractivity contribution in [1.29, 1.82) is 0 Å². The predicted octanol–water partition coefficient (Wildman–Crippen LogP) is 4.12. The van der Waals surface area contributed by atoms with E-state index in [2.05, 4.69) is 37.5 Å². The van der Waals surface area contributed by atoms with Crippen LogP contribution in [0.25, 0.3) is 0 Å². The number of hydrogen-bond donors (Lipinski definition) is 7.